The quantitative estimate of drug-likeness (QED) is 0.127. The largest absolute Gasteiger partial charge is 0.454 e. The molecule has 4 heterocycles. The van der Waals surface area contributed by atoms with E-state index in [9.17, 15) is 0 Å². The second-order valence-electron chi connectivity index (χ2n) is 23.7. The fraction of sp³-hybridized carbons (Fsp3) is 0.111. The molecule has 0 radical (unpaired) electrons. The first-order valence-corrected chi connectivity index (χ1v) is 28.2. The standard InChI is InChI=1S/C72H54BN3OS/c1-71(2,3)46-28-32-48(33-29-46)74-59-19-13-20-60-69(59)73(57-41-55-52-17-8-10-23-65(52)78-66(55)42-63(57)75(60)49-34-30-47(31-35-49)72(4,5)6)56-38-36-50(40-62(56)74)76(61-21-12-18-53-51-16-7-9-22-64(51)77-70(53)61)58-39-27-45-25-24-43-14-11-15-44-26-37-54(58)68(45)67(43)44/h7-42H,1-6H3. The Morgan fingerprint density at radius 3 is 1.71 bits per heavy atom. The van der Waals surface area contributed by atoms with Gasteiger partial charge in [0.05, 0.1) is 11.4 Å². The number of hydrogen-bond acceptors (Lipinski definition) is 5. The third-order valence-electron chi connectivity index (χ3n) is 17.1. The number of hydrogen-bond donors (Lipinski definition) is 0. The van der Waals surface area contributed by atoms with Crippen LogP contribution in [0.5, 0.6) is 0 Å². The molecule has 4 nitrogen and oxygen atoms in total. The minimum absolute atomic E-state index is 0.00865. The van der Waals surface area contributed by atoms with Gasteiger partial charge in [-0.3, -0.25) is 0 Å². The van der Waals surface area contributed by atoms with Gasteiger partial charge in [0.15, 0.2) is 5.58 Å². The van der Waals surface area contributed by atoms with E-state index >= 15 is 0 Å². The lowest BCUT2D eigenvalue weighted by Gasteiger charge is -2.44. The predicted molar refractivity (Wildman–Crippen MR) is 336 cm³/mol. The molecule has 0 saturated heterocycles. The van der Waals surface area contributed by atoms with E-state index in [4.69, 9.17) is 4.42 Å². The van der Waals surface area contributed by atoms with Crippen LogP contribution in [0.15, 0.2) is 223 Å². The average molecular weight is 1020 g/mol. The van der Waals surface area contributed by atoms with Gasteiger partial charge < -0.3 is 19.1 Å². The summed E-state index contributed by atoms with van der Waals surface area (Å²) < 4.78 is 9.59. The number of benzene rings is 12. The molecule has 0 bridgehead atoms. The molecule has 12 aromatic carbocycles. The Bertz CT molecular complexity index is 4770. The number of anilines is 9. The van der Waals surface area contributed by atoms with Crippen LogP contribution in [0.25, 0.3) is 74.4 Å². The number of para-hydroxylation sites is 2. The molecule has 6 heteroatoms. The lowest BCUT2D eigenvalue weighted by Crippen LogP contribution is -2.61. The molecule has 0 atom stereocenters. The summed E-state index contributed by atoms with van der Waals surface area (Å²) in [6.45, 7) is 13.7. The number of fused-ring (bicyclic) bond motifs is 10. The van der Waals surface area contributed by atoms with Gasteiger partial charge in [0.25, 0.3) is 6.71 Å². The van der Waals surface area contributed by atoms with Crippen molar-refractivity contribution in [1.82, 2.24) is 0 Å². The lowest BCUT2D eigenvalue weighted by molar-refractivity contribution is 0.590. The highest BCUT2D eigenvalue weighted by Gasteiger charge is 2.44. The fourth-order valence-corrected chi connectivity index (χ4v) is 14.4. The van der Waals surface area contributed by atoms with Crippen molar-refractivity contribution in [2.75, 3.05) is 14.7 Å². The number of rotatable bonds is 5. The van der Waals surface area contributed by atoms with E-state index < -0.39 is 0 Å². The molecule has 2 aromatic heterocycles. The maximum absolute atomic E-state index is 6.99. The van der Waals surface area contributed by atoms with Crippen LogP contribution in [-0.4, -0.2) is 6.71 Å². The SMILES string of the molecule is CC(C)(C)c1ccc(N2c3cc(N(c4ccc5ccc6cccc7ccc4c5c67)c4cccc5c4oc4ccccc45)ccc3B3c4cc5c(cc4N(c4ccc(C(C)(C)C)cc4)c4cccc2c43)sc2ccccc25)cc1. The maximum Gasteiger partial charge on any atom is 0.252 e. The highest BCUT2D eigenvalue weighted by Crippen LogP contribution is 2.51. The average Bonchev–Trinajstić information content (AvgIpc) is 3.69. The second kappa shape index (κ2) is 16.3. The summed E-state index contributed by atoms with van der Waals surface area (Å²) in [6, 6.07) is 82.4. The first kappa shape index (κ1) is 45.4. The molecule has 2 aliphatic heterocycles. The monoisotopic (exact) mass is 1020 g/mol. The van der Waals surface area contributed by atoms with Crippen molar-refractivity contribution in [1.29, 1.82) is 0 Å². The van der Waals surface area contributed by atoms with E-state index in [0.717, 1.165) is 56.1 Å². The Balaban J connectivity index is 0.992. The Morgan fingerprint density at radius 2 is 1.00 bits per heavy atom. The van der Waals surface area contributed by atoms with Crippen LogP contribution in [0.1, 0.15) is 52.7 Å². The summed E-state index contributed by atoms with van der Waals surface area (Å²) in [5.41, 5.74) is 18.4. The van der Waals surface area contributed by atoms with Crippen molar-refractivity contribution in [2.24, 2.45) is 0 Å². The normalized spacial score (nSPS) is 13.4. The van der Waals surface area contributed by atoms with Gasteiger partial charge in [-0.2, -0.15) is 0 Å². The molecule has 14 aromatic rings. The summed E-state index contributed by atoms with van der Waals surface area (Å²) >= 11 is 1.89. The number of furan rings is 1. The molecule has 78 heavy (non-hydrogen) atoms. The van der Waals surface area contributed by atoms with Crippen LogP contribution >= 0.6 is 11.3 Å². The van der Waals surface area contributed by atoms with Crippen LogP contribution in [0.4, 0.5) is 51.2 Å². The summed E-state index contributed by atoms with van der Waals surface area (Å²) in [7, 11) is 0. The first-order chi connectivity index (χ1) is 37.9. The molecule has 0 amide bonds. The Kier molecular flexibility index (Phi) is 9.51. The second-order valence-corrected chi connectivity index (χ2v) is 24.8. The zero-order valence-electron chi connectivity index (χ0n) is 44.5. The lowest BCUT2D eigenvalue weighted by atomic mass is 9.33. The van der Waals surface area contributed by atoms with Crippen molar-refractivity contribution in [3.63, 3.8) is 0 Å². The zero-order chi connectivity index (χ0) is 52.3. The third kappa shape index (κ3) is 6.59. The summed E-state index contributed by atoms with van der Waals surface area (Å²) in [4.78, 5) is 7.57. The maximum atomic E-state index is 6.99. The van der Waals surface area contributed by atoms with E-state index in [1.807, 2.05) is 11.3 Å². The minimum atomic E-state index is -0.0738. The molecule has 0 aliphatic carbocycles. The van der Waals surface area contributed by atoms with E-state index in [-0.39, 0.29) is 17.5 Å². The molecule has 372 valence electrons. The third-order valence-corrected chi connectivity index (χ3v) is 18.2. The van der Waals surface area contributed by atoms with E-state index in [0.29, 0.717) is 0 Å². The summed E-state index contributed by atoms with van der Waals surface area (Å²) in [5.74, 6) is 0. The smallest absolute Gasteiger partial charge is 0.252 e. The van der Waals surface area contributed by atoms with E-state index in [2.05, 4.69) is 275 Å². The van der Waals surface area contributed by atoms with Gasteiger partial charge in [0.2, 0.25) is 0 Å². The fourth-order valence-electron chi connectivity index (χ4n) is 13.3. The van der Waals surface area contributed by atoms with Crippen molar-refractivity contribution in [2.45, 2.75) is 52.4 Å². The van der Waals surface area contributed by atoms with Gasteiger partial charge in [-0.1, -0.05) is 181 Å². The van der Waals surface area contributed by atoms with Gasteiger partial charge >= 0.3 is 0 Å². The Morgan fingerprint density at radius 1 is 0.410 bits per heavy atom. The molecule has 0 fully saturated rings. The van der Waals surface area contributed by atoms with Crippen LogP contribution in [-0.2, 0) is 10.8 Å². The van der Waals surface area contributed by atoms with Crippen molar-refractivity contribution >= 4 is 160 Å². The zero-order valence-corrected chi connectivity index (χ0v) is 45.3. The predicted octanol–water partition coefficient (Wildman–Crippen LogP) is 19.0. The topological polar surface area (TPSA) is 22.9 Å². The Hall–Kier alpha value is -8.84. The molecule has 0 spiro atoms. The molecule has 0 unspecified atom stereocenters. The van der Waals surface area contributed by atoms with Gasteiger partial charge in [0.1, 0.15) is 5.58 Å². The Labute approximate surface area is 458 Å². The van der Waals surface area contributed by atoms with E-state index in [1.165, 1.54) is 97.1 Å². The van der Waals surface area contributed by atoms with Gasteiger partial charge in [-0.05, 0) is 150 Å². The molecular weight excluding hydrogens is 966 g/mol. The highest BCUT2D eigenvalue weighted by molar-refractivity contribution is 7.26. The van der Waals surface area contributed by atoms with Crippen LogP contribution in [0.3, 0.4) is 0 Å². The number of thiophene rings is 1. The van der Waals surface area contributed by atoms with Crippen molar-refractivity contribution in [3.05, 3.63) is 230 Å². The highest BCUT2D eigenvalue weighted by atomic mass is 32.1. The molecule has 0 N–H and O–H groups in total. The van der Waals surface area contributed by atoms with Crippen molar-refractivity contribution in [3.8, 4) is 0 Å². The molecule has 16 rings (SSSR count). The molecule has 2 aliphatic rings. The summed E-state index contributed by atoms with van der Waals surface area (Å²) in [5, 5.41) is 12.3. The van der Waals surface area contributed by atoms with Crippen LogP contribution in [0.2, 0.25) is 0 Å². The van der Waals surface area contributed by atoms with Crippen LogP contribution < -0.4 is 31.1 Å². The number of nitrogens with zero attached hydrogens (tertiary/aromatic N) is 3. The molecule has 0 saturated carbocycles. The molecular formula is C72H54BN3OS. The minimum Gasteiger partial charge on any atom is -0.454 e. The van der Waals surface area contributed by atoms with Crippen LogP contribution in [0, 0.1) is 0 Å². The van der Waals surface area contributed by atoms with Gasteiger partial charge in [-0.15, -0.1) is 11.3 Å². The first-order valence-electron chi connectivity index (χ1n) is 27.3. The van der Waals surface area contributed by atoms with Gasteiger partial charge in [-0.25, -0.2) is 0 Å². The van der Waals surface area contributed by atoms with E-state index in [1.54, 1.807) is 0 Å². The van der Waals surface area contributed by atoms with Crippen molar-refractivity contribution < 1.29 is 4.42 Å². The summed E-state index contributed by atoms with van der Waals surface area (Å²) in [6.07, 6.45) is 0. The van der Waals surface area contributed by atoms with Gasteiger partial charge in [0, 0.05) is 70.8 Å².